The second kappa shape index (κ2) is 8.84. The molecule has 0 spiro atoms. The molecule has 1 heterocycles. The predicted octanol–water partition coefficient (Wildman–Crippen LogP) is 4.02. The third kappa shape index (κ3) is 6.04. The van der Waals surface area contributed by atoms with Crippen LogP contribution in [0.4, 0.5) is 13.2 Å². The van der Waals surface area contributed by atoms with Crippen molar-refractivity contribution < 1.29 is 13.2 Å². The summed E-state index contributed by atoms with van der Waals surface area (Å²) in [5.41, 5.74) is 0.346. The van der Waals surface area contributed by atoms with E-state index in [2.05, 4.69) is 39.7 Å². The van der Waals surface area contributed by atoms with Crippen LogP contribution < -0.4 is 10.6 Å². The highest BCUT2D eigenvalue weighted by atomic mass is 32.1. The van der Waals surface area contributed by atoms with E-state index in [1.165, 1.54) is 5.56 Å². The SMILES string of the molecule is CCNC(=NCc1nc(C(F)(F)F)cs1)NCC(C)c1ccccc1. The first kappa shape index (κ1) is 19.2. The van der Waals surface area contributed by atoms with E-state index in [0.717, 1.165) is 16.7 Å². The minimum absolute atomic E-state index is 0.107. The summed E-state index contributed by atoms with van der Waals surface area (Å²) in [6, 6.07) is 10.1. The van der Waals surface area contributed by atoms with Crippen LogP contribution in [0.5, 0.6) is 0 Å². The highest BCUT2D eigenvalue weighted by molar-refractivity contribution is 7.09. The van der Waals surface area contributed by atoms with Gasteiger partial charge < -0.3 is 10.6 Å². The van der Waals surface area contributed by atoms with Crippen molar-refractivity contribution in [2.75, 3.05) is 13.1 Å². The molecule has 1 atom stereocenters. The third-order valence-electron chi connectivity index (χ3n) is 3.50. The van der Waals surface area contributed by atoms with Gasteiger partial charge in [0.2, 0.25) is 0 Å². The summed E-state index contributed by atoms with van der Waals surface area (Å²) >= 11 is 0.964. The van der Waals surface area contributed by atoms with Gasteiger partial charge in [0.15, 0.2) is 11.7 Å². The Balaban J connectivity index is 1.95. The number of benzene rings is 1. The number of hydrogen-bond acceptors (Lipinski definition) is 3. The van der Waals surface area contributed by atoms with Crippen LogP contribution in [0.2, 0.25) is 0 Å². The molecule has 0 aliphatic heterocycles. The van der Waals surface area contributed by atoms with Crippen molar-refractivity contribution in [3.8, 4) is 0 Å². The van der Waals surface area contributed by atoms with E-state index >= 15 is 0 Å². The molecule has 4 nitrogen and oxygen atoms in total. The standard InChI is InChI=1S/C17H21F3N4S/c1-3-21-16(22-9-12(2)13-7-5-4-6-8-13)23-10-15-24-14(11-25-15)17(18,19)20/h4-8,11-12H,3,9-10H2,1-2H3,(H2,21,22,23). The molecule has 0 saturated carbocycles. The average molecular weight is 370 g/mol. The van der Waals surface area contributed by atoms with Gasteiger partial charge in [-0.15, -0.1) is 11.3 Å². The third-order valence-corrected chi connectivity index (χ3v) is 4.34. The van der Waals surface area contributed by atoms with Crippen molar-refractivity contribution in [2.45, 2.75) is 32.5 Å². The first-order chi connectivity index (χ1) is 11.9. The molecular formula is C17H21F3N4S. The zero-order valence-corrected chi connectivity index (χ0v) is 14.9. The van der Waals surface area contributed by atoms with Gasteiger partial charge >= 0.3 is 6.18 Å². The highest BCUT2D eigenvalue weighted by Gasteiger charge is 2.33. The monoisotopic (exact) mass is 370 g/mol. The highest BCUT2D eigenvalue weighted by Crippen LogP contribution is 2.30. The minimum atomic E-state index is -4.41. The Bertz CT molecular complexity index is 683. The van der Waals surface area contributed by atoms with Gasteiger partial charge in [0.25, 0.3) is 0 Å². The molecular weight excluding hydrogens is 349 g/mol. The summed E-state index contributed by atoms with van der Waals surface area (Å²) in [6.45, 7) is 5.47. The van der Waals surface area contributed by atoms with Crippen molar-refractivity contribution in [1.29, 1.82) is 0 Å². The first-order valence-electron chi connectivity index (χ1n) is 7.99. The van der Waals surface area contributed by atoms with Crippen LogP contribution in [-0.4, -0.2) is 24.0 Å². The van der Waals surface area contributed by atoms with Crippen LogP contribution in [0.25, 0.3) is 0 Å². The lowest BCUT2D eigenvalue weighted by atomic mass is 10.0. The van der Waals surface area contributed by atoms with E-state index in [0.29, 0.717) is 24.1 Å². The average Bonchev–Trinajstić information content (AvgIpc) is 3.07. The van der Waals surface area contributed by atoms with Crippen molar-refractivity contribution in [2.24, 2.45) is 4.99 Å². The van der Waals surface area contributed by atoms with Gasteiger partial charge in [-0.1, -0.05) is 37.3 Å². The van der Waals surface area contributed by atoms with Gasteiger partial charge in [-0.25, -0.2) is 9.98 Å². The number of halogens is 3. The number of hydrogen-bond donors (Lipinski definition) is 2. The molecule has 0 fully saturated rings. The largest absolute Gasteiger partial charge is 0.434 e. The van der Waals surface area contributed by atoms with Gasteiger partial charge in [0, 0.05) is 18.5 Å². The topological polar surface area (TPSA) is 49.3 Å². The van der Waals surface area contributed by atoms with E-state index in [1.807, 2.05) is 25.1 Å². The molecule has 0 aliphatic carbocycles. The number of alkyl halides is 3. The number of aliphatic imine (C=N–C) groups is 1. The second-order valence-corrected chi connectivity index (χ2v) is 6.45. The fraction of sp³-hybridized carbons (Fsp3) is 0.412. The summed E-state index contributed by atoms with van der Waals surface area (Å²) in [7, 11) is 0. The van der Waals surface area contributed by atoms with Crippen LogP contribution in [0, 0.1) is 0 Å². The van der Waals surface area contributed by atoms with Crippen molar-refractivity contribution in [3.05, 3.63) is 52.0 Å². The van der Waals surface area contributed by atoms with Crippen LogP contribution in [0.1, 0.15) is 36.0 Å². The Morgan fingerprint density at radius 3 is 2.56 bits per heavy atom. The molecule has 0 bridgehead atoms. The number of nitrogens with one attached hydrogen (secondary N) is 2. The Kier molecular flexibility index (Phi) is 6.81. The maximum absolute atomic E-state index is 12.6. The molecule has 25 heavy (non-hydrogen) atoms. The van der Waals surface area contributed by atoms with E-state index < -0.39 is 11.9 Å². The molecule has 2 rings (SSSR count). The van der Waals surface area contributed by atoms with Crippen molar-refractivity contribution in [3.63, 3.8) is 0 Å². The number of thiazole rings is 1. The van der Waals surface area contributed by atoms with E-state index in [4.69, 9.17) is 0 Å². The lowest BCUT2D eigenvalue weighted by Gasteiger charge is -2.16. The first-order valence-corrected chi connectivity index (χ1v) is 8.86. The summed E-state index contributed by atoms with van der Waals surface area (Å²) < 4.78 is 37.7. The fourth-order valence-electron chi connectivity index (χ4n) is 2.15. The molecule has 1 aromatic heterocycles. The van der Waals surface area contributed by atoms with Crippen molar-refractivity contribution in [1.82, 2.24) is 15.6 Å². The lowest BCUT2D eigenvalue weighted by molar-refractivity contribution is -0.140. The molecule has 1 unspecified atom stereocenters. The lowest BCUT2D eigenvalue weighted by Crippen LogP contribution is -2.39. The molecule has 0 amide bonds. The van der Waals surface area contributed by atoms with E-state index in [1.54, 1.807) is 0 Å². The molecule has 2 N–H and O–H groups in total. The van der Waals surface area contributed by atoms with Crippen LogP contribution in [-0.2, 0) is 12.7 Å². The fourth-order valence-corrected chi connectivity index (χ4v) is 2.88. The Morgan fingerprint density at radius 2 is 1.96 bits per heavy atom. The van der Waals surface area contributed by atoms with Crippen molar-refractivity contribution >= 4 is 17.3 Å². The Hall–Kier alpha value is -2.09. The zero-order valence-electron chi connectivity index (χ0n) is 14.1. The predicted molar refractivity (Wildman–Crippen MR) is 94.8 cm³/mol. The quantitative estimate of drug-likeness (QED) is 0.596. The number of guanidine groups is 1. The summed E-state index contributed by atoms with van der Waals surface area (Å²) in [6.07, 6.45) is -4.41. The van der Waals surface area contributed by atoms with Gasteiger partial charge in [0.1, 0.15) is 5.01 Å². The second-order valence-electron chi connectivity index (χ2n) is 5.51. The molecule has 0 saturated heterocycles. The maximum Gasteiger partial charge on any atom is 0.434 e. The zero-order chi connectivity index (χ0) is 18.3. The van der Waals surface area contributed by atoms with Gasteiger partial charge in [0.05, 0.1) is 6.54 Å². The number of rotatable bonds is 6. The van der Waals surface area contributed by atoms with E-state index in [9.17, 15) is 13.2 Å². The molecule has 0 radical (unpaired) electrons. The van der Waals surface area contributed by atoms with E-state index in [-0.39, 0.29) is 12.5 Å². The Labute approximate surface area is 149 Å². The van der Waals surface area contributed by atoms with Crippen LogP contribution in [0.15, 0.2) is 40.7 Å². The van der Waals surface area contributed by atoms with Gasteiger partial charge in [-0.3, -0.25) is 0 Å². The molecule has 0 aliphatic rings. The van der Waals surface area contributed by atoms with Crippen LogP contribution >= 0.6 is 11.3 Å². The smallest absolute Gasteiger partial charge is 0.357 e. The number of aromatic nitrogens is 1. The normalized spacial score (nSPS) is 13.6. The molecule has 136 valence electrons. The summed E-state index contributed by atoms with van der Waals surface area (Å²) in [5, 5.41) is 7.66. The summed E-state index contributed by atoms with van der Waals surface area (Å²) in [4.78, 5) is 7.91. The van der Waals surface area contributed by atoms with Crippen LogP contribution in [0.3, 0.4) is 0 Å². The molecule has 8 heteroatoms. The molecule has 2 aromatic rings. The Morgan fingerprint density at radius 1 is 1.24 bits per heavy atom. The number of nitrogens with zero attached hydrogens (tertiary/aromatic N) is 2. The maximum atomic E-state index is 12.6. The van der Waals surface area contributed by atoms with Gasteiger partial charge in [-0.2, -0.15) is 13.2 Å². The minimum Gasteiger partial charge on any atom is -0.357 e. The summed E-state index contributed by atoms with van der Waals surface area (Å²) in [5.74, 6) is 0.843. The van der Waals surface area contributed by atoms with Gasteiger partial charge in [-0.05, 0) is 18.4 Å². The molecule has 1 aromatic carbocycles.